The van der Waals surface area contributed by atoms with Crippen LogP contribution < -0.4 is 5.32 Å². The highest BCUT2D eigenvalue weighted by atomic mass is 16.6. The Morgan fingerprint density at radius 1 is 0.925 bits per heavy atom. The Kier molecular flexibility index (Phi) is 9.95. The smallest absolute Gasteiger partial charge is 0.338 e. The van der Waals surface area contributed by atoms with Gasteiger partial charge in [-0.05, 0) is 49.1 Å². The van der Waals surface area contributed by atoms with E-state index in [9.17, 15) is 39.3 Å². The van der Waals surface area contributed by atoms with Crippen molar-refractivity contribution in [2.24, 2.45) is 16.7 Å². The number of Topliss-reactive ketones (excluding diaryl/α,β-unsaturated/α-hetero) is 1. The van der Waals surface area contributed by atoms with Crippen molar-refractivity contribution in [1.29, 1.82) is 0 Å². The number of carbonyl (C=O) groups is 5. The van der Waals surface area contributed by atoms with Crippen molar-refractivity contribution in [3.63, 3.8) is 0 Å². The van der Waals surface area contributed by atoms with Crippen molar-refractivity contribution >= 4 is 29.6 Å². The van der Waals surface area contributed by atoms with Gasteiger partial charge in [0.25, 0.3) is 5.91 Å². The van der Waals surface area contributed by atoms with Crippen molar-refractivity contribution in [3.8, 4) is 0 Å². The van der Waals surface area contributed by atoms with Crippen molar-refractivity contribution in [2.45, 2.75) is 109 Å². The Balaban J connectivity index is 1.41. The Labute approximate surface area is 307 Å². The topological polar surface area (TPSA) is 195 Å². The van der Waals surface area contributed by atoms with Crippen LogP contribution in [0.3, 0.4) is 0 Å². The quantitative estimate of drug-likeness (QED) is 0.176. The molecule has 2 aromatic carbocycles. The second-order valence-electron chi connectivity index (χ2n) is 15.5. The third-order valence-corrected chi connectivity index (χ3v) is 12.3. The molecule has 13 heteroatoms. The van der Waals surface area contributed by atoms with E-state index < -0.39 is 94.1 Å². The first-order chi connectivity index (χ1) is 24.9. The fourth-order valence-corrected chi connectivity index (χ4v) is 9.13. The molecule has 2 bridgehead atoms. The van der Waals surface area contributed by atoms with Gasteiger partial charge in [0.05, 0.1) is 29.8 Å². The second kappa shape index (κ2) is 13.8. The van der Waals surface area contributed by atoms with Crippen molar-refractivity contribution < 1.29 is 58.2 Å². The molecule has 6 rings (SSSR count). The number of esters is 3. The number of ketones is 1. The monoisotopic (exact) mass is 733 g/mol. The number of ether oxygens (including phenoxy) is 4. The fourth-order valence-electron chi connectivity index (χ4n) is 9.13. The van der Waals surface area contributed by atoms with Gasteiger partial charge in [-0.1, -0.05) is 62.4 Å². The van der Waals surface area contributed by atoms with Crippen LogP contribution in [-0.2, 0) is 38.1 Å². The van der Waals surface area contributed by atoms with E-state index in [4.69, 9.17) is 18.9 Å². The second-order valence-corrected chi connectivity index (χ2v) is 15.5. The highest BCUT2D eigenvalue weighted by molar-refractivity contribution is 5.96. The Bertz CT molecular complexity index is 1830. The number of aliphatic hydroxyl groups excluding tert-OH is 2. The molecular formula is C40H47NO12. The molecular weight excluding hydrogens is 686 g/mol. The van der Waals surface area contributed by atoms with Gasteiger partial charge < -0.3 is 39.6 Å². The molecule has 3 fully saturated rings. The molecule has 3 aliphatic carbocycles. The van der Waals surface area contributed by atoms with E-state index in [1.54, 1.807) is 81.4 Å². The van der Waals surface area contributed by atoms with Gasteiger partial charge in [0, 0.05) is 43.6 Å². The maximum atomic E-state index is 14.9. The largest absolute Gasteiger partial charge is 0.456 e. The number of amides is 1. The zero-order chi connectivity index (χ0) is 38.7. The first kappa shape index (κ1) is 38.3. The average molecular weight is 734 g/mol. The maximum Gasteiger partial charge on any atom is 0.338 e. The molecule has 2 aromatic rings. The Morgan fingerprint density at radius 3 is 2.11 bits per heavy atom. The molecule has 284 valence electrons. The Hall–Kier alpha value is -4.43. The van der Waals surface area contributed by atoms with E-state index in [2.05, 4.69) is 5.32 Å². The molecule has 1 heterocycles. The van der Waals surface area contributed by atoms with Crippen LogP contribution in [-0.4, -0.2) is 93.2 Å². The average Bonchev–Trinajstić information content (AvgIpc) is 3.10. The molecule has 4 N–H and O–H groups in total. The molecule has 0 radical (unpaired) electrons. The highest BCUT2D eigenvalue weighted by Crippen LogP contribution is 2.63. The summed E-state index contributed by atoms with van der Waals surface area (Å²) < 4.78 is 23.5. The normalized spacial score (nSPS) is 34.1. The summed E-state index contributed by atoms with van der Waals surface area (Å²) in [4.78, 5) is 67.3. The molecule has 1 unspecified atom stereocenters. The number of rotatable bonds is 8. The van der Waals surface area contributed by atoms with Crippen LogP contribution in [0.1, 0.15) is 82.8 Å². The van der Waals surface area contributed by atoms with Gasteiger partial charge in [-0.3, -0.25) is 19.2 Å². The minimum Gasteiger partial charge on any atom is -0.456 e. The SMILES string of the molecule is CC(=O)O[C@H]1C(=O)[C@@]2(C)C(C[C@]3(O)C[C@H](OC(=O)[C@H](O)[C@@H](NC(=O)c4ccccc4)c4ccccc4)C(C)=C1C3(C)C)[C@]1(OC(C)=O)CO[C@@H]1C[C@@H]2O. The molecule has 13 nitrogen and oxygen atoms in total. The summed E-state index contributed by atoms with van der Waals surface area (Å²) in [6, 6.07) is 15.5. The van der Waals surface area contributed by atoms with Gasteiger partial charge in [0.15, 0.2) is 23.6 Å². The van der Waals surface area contributed by atoms with Gasteiger partial charge in [-0.25, -0.2) is 4.79 Å². The minimum absolute atomic E-state index is 0.0415. The lowest BCUT2D eigenvalue weighted by Crippen LogP contribution is -2.77. The van der Waals surface area contributed by atoms with Gasteiger partial charge in [-0.2, -0.15) is 0 Å². The van der Waals surface area contributed by atoms with Crippen LogP contribution in [0.2, 0.25) is 0 Å². The number of nitrogens with one attached hydrogen (secondary N) is 1. The third kappa shape index (κ3) is 6.26. The van der Waals surface area contributed by atoms with Crippen LogP contribution in [0, 0.1) is 16.7 Å². The summed E-state index contributed by atoms with van der Waals surface area (Å²) >= 11 is 0. The number of aliphatic hydroxyl groups is 3. The van der Waals surface area contributed by atoms with Gasteiger partial charge in [0.1, 0.15) is 12.2 Å². The van der Waals surface area contributed by atoms with E-state index in [1.165, 1.54) is 13.8 Å². The summed E-state index contributed by atoms with van der Waals surface area (Å²) in [6.07, 6.45) is -7.35. The standard InChI is InChI=1S/C40H47NO12/c1-21-26(52-36(48)32(45)31(24-13-9-7-10-14-24)41-35(47)25-15-11-8-12-16-25)18-39(49)19-27-38(6,28(44)17-29-40(27,20-50-29)53-23(3)43)34(46)33(51-22(2)42)30(21)37(39,4)5/h7-16,26-29,31-33,44-45,49H,17-20H2,1-6H3,(H,41,47)/t26-,27?,28-,29+,31-,32+,33+,38-,39+,40+/m0/s1. The van der Waals surface area contributed by atoms with Crippen molar-refractivity contribution in [3.05, 3.63) is 82.9 Å². The molecule has 0 spiro atoms. The number of hydrogen-bond donors (Lipinski definition) is 4. The minimum atomic E-state index is -1.92. The third-order valence-electron chi connectivity index (χ3n) is 12.3. The van der Waals surface area contributed by atoms with Gasteiger partial charge in [0.2, 0.25) is 0 Å². The number of hydrogen-bond acceptors (Lipinski definition) is 12. The van der Waals surface area contributed by atoms with Crippen LogP contribution in [0.25, 0.3) is 0 Å². The van der Waals surface area contributed by atoms with Crippen LogP contribution >= 0.6 is 0 Å². The first-order valence-corrected chi connectivity index (χ1v) is 17.8. The predicted molar refractivity (Wildman–Crippen MR) is 187 cm³/mol. The van der Waals surface area contributed by atoms with Crippen molar-refractivity contribution in [2.75, 3.05) is 6.61 Å². The van der Waals surface area contributed by atoms with E-state index >= 15 is 0 Å². The van der Waals surface area contributed by atoms with E-state index in [0.717, 1.165) is 6.92 Å². The van der Waals surface area contributed by atoms with E-state index in [1.807, 2.05) is 0 Å². The van der Waals surface area contributed by atoms with Crippen LogP contribution in [0.4, 0.5) is 0 Å². The molecule has 4 aliphatic rings. The summed E-state index contributed by atoms with van der Waals surface area (Å²) in [7, 11) is 0. The molecule has 1 aliphatic heterocycles. The number of carbonyl (C=O) groups excluding carboxylic acids is 5. The first-order valence-electron chi connectivity index (χ1n) is 17.8. The summed E-state index contributed by atoms with van der Waals surface area (Å²) in [6.45, 7) is 8.81. The molecule has 1 saturated heterocycles. The lowest BCUT2D eigenvalue weighted by atomic mass is 9.46. The molecule has 53 heavy (non-hydrogen) atoms. The lowest BCUT2D eigenvalue weighted by molar-refractivity contribution is -0.327. The Morgan fingerprint density at radius 2 is 1.55 bits per heavy atom. The fraction of sp³-hybridized carbons (Fsp3) is 0.525. The van der Waals surface area contributed by atoms with Crippen LogP contribution in [0.5, 0.6) is 0 Å². The van der Waals surface area contributed by atoms with E-state index in [-0.39, 0.29) is 31.4 Å². The zero-order valence-corrected chi connectivity index (χ0v) is 30.7. The maximum absolute atomic E-state index is 14.9. The van der Waals surface area contributed by atoms with Crippen molar-refractivity contribution in [1.82, 2.24) is 5.32 Å². The summed E-state index contributed by atoms with van der Waals surface area (Å²) in [5, 5.41) is 38.8. The van der Waals surface area contributed by atoms with Crippen LogP contribution in [0.15, 0.2) is 71.8 Å². The zero-order valence-electron chi connectivity index (χ0n) is 30.7. The molecule has 2 saturated carbocycles. The number of fused-ring (bicyclic) bond motifs is 5. The molecule has 1 amide bonds. The predicted octanol–water partition coefficient (Wildman–Crippen LogP) is 2.90. The highest BCUT2D eigenvalue weighted by Gasteiger charge is 2.74. The summed E-state index contributed by atoms with van der Waals surface area (Å²) in [5.41, 5.74) is -4.96. The van der Waals surface area contributed by atoms with Gasteiger partial charge >= 0.3 is 17.9 Å². The molecule has 0 aromatic heterocycles. The summed E-state index contributed by atoms with van der Waals surface area (Å²) in [5.74, 6) is -4.78. The molecule has 10 atom stereocenters. The van der Waals surface area contributed by atoms with Gasteiger partial charge in [-0.15, -0.1) is 0 Å². The number of benzene rings is 2. The van der Waals surface area contributed by atoms with E-state index in [0.29, 0.717) is 16.7 Å². The lowest BCUT2D eigenvalue weighted by Gasteiger charge is -2.65.